The lowest BCUT2D eigenvalue weighted by molar-refractivity contribution is -0.146. The zero-order valence-corrected chi connectivity index (χ0v) is 17.7. The molecule has 1 unspecified atom stereocenters. The predicted molar refractivity (Wildman–Crippen MR) is 118 cm³/mol. The van der Waals surface area contributed by atoms with Crippen molar-refractivity contribution in [3.63, 3.8) is 0 Å². The summed E-state index contributed by atoms with van der Waals surface area (Å²) in [4.78, 5) is 12.4. The number of carbonyl (C=O) groups is 1. The number of carbonyl (C=O) groups excluding carboxylic acids is 1. The van der Waals surface area contributed by atoms with Crippen molar-refractivity contribution in [1.82, 2.24) is 0 Å². The first kappa shape index (κ1) is 21.9. The summed E-state index contributed by atoms with van der Waals surface area (Å²) in [5.41, 5.74) is 1.35. The van der Waals surface area contributed by atoms with Gasteiger partial charge in [0.2, 0.25) is 6.10 Å². The first-order valence-electron chi connectivity index (χ1n) is 10.2. The maximum Gasteiger partial charge on any atom is 0.311 e. The Hall–Kier alpha value is -3.78. The first-order chi connectivity index (χ1) is 15.0. The van der Waals surface area contributed by atoms with Crippen LogP contribution >= 0.6 is 0 Å². The standard InChI is InChI=1S/C26H25NO4/c1-19(2)18-29-22-13-11-20(12-14-22)15-26(28)31-25(17-27)21-7-6-10-24(16-21)30-23-8-4-3-5-9-23/h3-14,16,19,25H,15,18H2,1-2H3. The molecule has 0 aliphatic heterocycles. The molecule has 3 rings (SSSR count). The third-order valence-corrected chi connectivity index (χ3v) is 4.36. The summed E-state index contributed by atoms with van der Waals surface area (Å²) in [5, 5.41) is 9.53. The average Bonchev–Trinajstić information content (AvgIpc) is 2.78. The van der Waals surface area contributed by atoms with Crippen LogP contribution in [0.1, 0.15) is 31.1 Å². The maximum atomic E-state index is 12.4. The van der Waals surface area contributed by atoms with Crippen molar-refractivity contribution in [2.45, 2.75) is 26.4 Å². The van der Waals surface area contributed by atoms with E-state index in [2.05, 4.69) is 13.8 Å². The number of ether oxygens (including phenoxy) is 3. The number of para-hydroxylation sites is 1. The summed E-state index contributed by atoms with van der Waals surface area (Å²) in [6.45, 7) is 4.80. The lowest BCUT2D eigenvalue weighted by atomic mass is 10.1. The van der Waals surface area contributed by atoms with Crippen molar-refractivity contribution >= 4 is 5.97 Å². The van der Waals surface area contributed by atoms with Crippen LogP contribution in [0.3, 0.4) is 0 Å². The van der Waals surface area contributed by atoms with Gasteiger partial charge in [-0.05, 0) is 47.9 Å². The summed E-state index contributed by atoms with van der Waals surface area (Å²) < 4.78 is 16.9. The Morgan fingerprint density at radius 1 is 0.903 bits per heavy atom. The number of hydrogen-bond donors (Lipinski definition) is 0. The zero-order chi connectivity index (χ0) is 22.1. The topological polar surface area (TPSA) is 68.5 Å². The number of benzene rings is 3. The predicted octanol–water partition coefficient (Wildman–Crippen LogP) is 5.86. The molecule has 0 radical (unpaired) electrons. The Morgan fingerprint density at radius 2 is 1.61 bits per heavy atom. The Bertz CT molecular complexity index is 1020. The van der Waals surface area contributed by atoms with Crippen molar-refractivity contribution < 1.29 is 19.0 Å². The molecule has 158 valence electrons. The van der Waals surface area contributed by atoms with E-state index in [4.69, 9.17) is 14.2 Å². The summed E-state index contributed by atoms with van der Waals surface area (Å²) in [7, 11) is 0. The minimum Gasteiger partial charge on any atom is -0.493 e. The van der Waals surface area contributed by atoms with Gasteiger partial charge < -0.3 is 14.2 Å². The highest BCUT2D eigenvalue weighted by Crippen LogP contribution is 2.26. The fourth-order valence-electron chi connectivity index (χ4n) is 2.84. The molecule has 0 spiro atoms. The second kappa shape index (κ2) is 10.8. The van der Waals surface area contributed by atoms with E-state index in [-0.39, 0.29) is 6.42 Å². The highest BCUT2D eigenvalue weighted by molar-refractivity contribution is 5.73. The molecule has 1 atom stereocenters. The molecule has 3 aromatic rings. The second-order valence-corrected chi connectivity index (χ2v) is 7.51. The van der Waals surface area contributed by atoms with Crippen LogP contribution < -0.4 is 9.47 Å². The van der Waals surface area contributed by atoms with Gasteiger partial charge in [0.1, 0.15) is 23.3 Å². The normalized spacial score (nSPS) is 11.4. The molecule has 0 bridgehead atoms. The number of hydrogen-bond acceptors (Lipinski definition) is 5. The third-order valence-electron chi connectivity index (χ3n) is 4.36. The molecular weight excluding hydrogens is 390 g/mol. The molecule has 5 nitrogen and oxygen atoms in total. The molecule has 0 fully saturated rings. The van der Waals surface area contributed by atoms with Crippen molar-refractivity contribution in [3.8, 4) is 23.3 Å². The van der Waals surface area contributed by atoms with Gasteiger partial charge in [-0.3, -0.25) is 4.79 Å². The van der Waals surface area contributed by atoms with Crippen LogP contribution in [0, 0.1) is 17.2 Å². The molecular formula is C26H25NO4. The quantitative estimate of drug-likeness (QED) is 0.409. The van der Waals surface area contributed by atoms with Gasteiger partial charge in [0, 0.05) is 5.56 Å². The number of nitrogens with zero attached hydrogens (tertiary/aromatic N) is 1. The average molecular weight is 415 g/mol. The molecule has 31 heavy (non-hydrogen) atoms. The maximum absolute atomic E-state index is 12.4. The zero-order valence-electron chi connectivity index (χ0n) is 17.7. The Balaban J connectivity index is 1.60. The van der Waals surface area contributed by atoms with E-state index in [0.29, 0.717) is 29.6 Å². The molecule has 0 heterocycles. The molecule has 0 aliphatic rings. The molecule has 0 amide bonds. The fraction of sp³-hybridized carbons (Fsp3) is 0.231. The Kier molecular flexibility index (Phi) is 7.67. The monoisotopic (exact) mass is 415 g/mol. The molecule has 5 heteroatoms. The van der Waals surface area contributed by atoms with E-state index in [1.165, 1.54) is 0 Å². The van der Waals surface area contributed by atoms with Crippen LogP contribution in [0.15, 0.2) is 78.9 Å². The number of rotatable bonds is 9. The molecule has 0 saturated carbocycles. The van der Waals surface area contributed by atoms with Gasteiger partial charge in [-0.25, -0.2) is 0 Å². The van der Waals surface area contributed by atoms with E-state index in [1.807, 2.05) is 60.7 Å². The van der Waals surface area contributed by atoms with Crippen LogP contribution in [0.4, 0.5) is 0 Å². The van der Waals surface area contributed by atoms with Gasteiger partial charge in [-0.15, -0.1) is 0 Å². The number of esters is 1. The second-order valence-electron chi connectivity index (χ2n) is 7.51. The van der Waals surface area contributed by atoms with Gasteiger partial charge in [0.05, 0.1) is 13.0 Å². The van der Waals surface area contributed by atoms with Crippen molar-refractivity contribution in [1.29, 1.82) is 5.26 Å². The molecule has 0 aromatic heterocycles. The van der Waals surface area contributed by atoms with E-state index in [0.717, 1.165) is 11.3 Å². The molecule has 0 saturated heterocycles. The van der Waals surface area contributed by atoms with Crippen LogP contribution in [-0.4, -0.2) is 12.6 Å². The van der Waals surface area contributed by atoms with Gasteiger partial charge >= 0.3 is 5.97 Å². The summed E-state index contributed by atoms with van der Waals surface area (Å²) in [6, 6.07) is 25.7. The van der Waals surface area contributed by atoms with Crippen molar-refractivity contribution in [3.05, 3.63) is 90.0 Å². The minimum absolute atomic E-state index is 0.0723. The van der Waals surface area contributed by atoms with Gasteiger partial charge in [-0.2, -0.15) is 5.26 Å². The minimum atomic E-state index is -1.01. The lowest BCUT2D eigenvalue weighted by Crippen LogP contribution is -2.12. The molecule has 3 aromatic carbocycles. The van der Waals surface area contributed by atoms with Gasteiger partial charge in [-0.1, -0.05) is 56.3 Å². The van der Waals surface area contributed by atoms with Gasteiger partial charge in [0.25, 0.3) is 0 Å². The van der Waals surface area contributed by atoms with Gasteiger partial charge in [0.15, 0.2) is 0 Å². The fourth-order valence-corrected chi connectivity index (χ4v) is 2.84. The lowest BCUT2D eigenvalue weighted by Gasteiger charge is -2.13. The SMILES string of the molecule is CC(C)COc1ccc(CC(=O)OC(C#N)c2cccc(Oc3ccccc3)c2)cc1. The smallest absolute Gasteiger partial charge is 0.311 e. The summed E-state index contributed by atoms with van der Waals surface area (Å²) >= 11 is 0. The summed E-state index contributed by atoms with van der Waals surface area (Å²) in [5.74, 6) is 1.98. The highest BCUT2D eigenvalue weighted by atomic mass is 16.5. The van der Waals surface area contributed by atoms with Crippen LogP contribution in [0.25, 0.3) is 0 Å². The third kappa shape index (κ3) is 6.90. The first-order valence-corrected chi connectivity index (χ1v) is 10.2. The van der Waals surface area contributed by atoms with E-state index < -0.39 is 12.1 Å². The Morgan fingerprint density at radius 3 is 2.29 bits per heavy atom. The summed E-state index contributed by atoms with van der Waals surface area (Å²) in [6.07, 6.45) is -0.941. The van der Waals surface area contributed by atoms with Crippen LogP contribution in [0.5, 0.6) is 17.2 Å². The highest BCUT2D eigenvalue weighted by Gasteiger charge is 2.17. The van der Waals surface area contributed by atoms with Crippen LogP contribution in [-0.2, 0) is 16.0 Å². The van der Waals surface area contributed by atoms with E-state index >= 15 is 0 Å². The van der Waals surface area contributed by atoms with Crippen molar-refractivity contribution in [2.75, 3.05) is 6.61 Å². The Labute approximate surface area is 182 Å². The molecule has 0 aliphatic carbocycles. The molecule has 0 N–H and O–H groups in total. The van der Waals surface area contributed by atoms with Crippen molar-refractivity contribution in [2.24, 2.45) is 5.92 Å². The van der Waals surface area contributed by atoms with E-state index in [1.54, 1.807) is 24.3 Å². The largest absolute Gasteiger partial charge is 0.493 e. The van der Waals surface area contributed by atoms with Crippen LogP contribution in [0.2, 0.25) is 0 Å². The number of nitriles is 1. The van der Waals surface area contributed by atoms with E-state index in [9.17, 15) is 10.1 Å².